The number of nitro groups is 1. The van der Waals surface area contributed by atoms with Gasteiger partial charge < -0.3 is 5.73 Å². The van der Waals surface area contributed by atoms with Crippen LogP contribution in [0.4, 0.5) is 5.69 Å². The van der Waals surface area contributed by atoms with Crippen LogP contribution in [0.3, 0.4) is 0 Å². The Morgan fingerprint density at radius 1 is 1.25 bits per heavy atom. The maximum absolute atomic E-state index is 12.6. The van der Waals surface area contributed by atoms with Gasteiger partial charge >= 0.3 is 0 Å². The number of nitrogens with zero attached hydrogens (tertiary/aromatic N) is 1. The van der Waals surface area contributed by atoms with Crippen molar-refractivity contribution >= 4 is 28.1 Å². The maximum atomic E-state index is 12.6. The van der Waals surface area contributed by atoms with Crippen molar-refractivity contribution < 1.29 is 13.3 Å². The molecule has 1 aromatic carbocycles. The predicted molar refractivity (Wildman–Crippen MR) is 94.9 cm³/mol. The molecule has 1 saturated carbocycles. The molecule has 7 nitrogen and oxygen atoms in total. The van der Waals surface area contributed by atoms with E-state index in [1.165, 1.54) is 12.1 Å². The Kier molecular flexibility index (Phi) is 7.15. The van der Waals surface area contributed by atoms with E-state index < -0.39 is 26.2 Å². The zero-order valence-electron chi connectivity index (χ0n) is 13.7. The fourth-order valence-electron chi connectivity index (χ4n) is 3.05. The number of nitrogens with one attached hydrogen (secondary N) is 1. The lowest BCUT2D eigenvalue weighted by Crippen LogP contribution is -2.49. The summed E-state index contributed by atoms with van der Waals surface area (Å²) >= 11 is 0. The van der Waals surface area contributed by atoms with E-state index in [0.29, 0.717) is 5.56 Å². The van der Waals surface area contributed by atoms with Crippen LogP contribution in [0.1, 0.15) is 44.1 Å². The first kappa shape index (κ1) is 20.8. The number of aryl methyl sites for hydroxylation is 1. The summed E-state index contributed by atoms with van der Waals surface area (Å²) in [4.78, 5) is 10.2. The minimum Gasteiger partial charge on any atom is -0.324 e. The Hall–Kier alpha value is -1.22. The highest BCUT2D eigenvalue weighted by molar-refractivity contribution is 7.89. The highest BCUT2D eigenvalue weighted by Gasteiger charge is 2.32. The van der Waals surface area contributed by atoms with Gasteiger partial charge in [0.1, 0.15) is 0 Å². The lowest BCUT2D eigenvalue weighted by Gasteiger charge is -2.28. The molecule has 1 fully saturated rings. The first-order valence-electron chi connectivity index (χ1n) is 7.78. The van der Waals surface area contributed by atoms with Crippen LogP contribution in [0.15, 0.2) is 23.1 Å². The Morgan fingerprint density at radius 2 is 1.83 bits per heavy atom. The molecule has 0 aromatic heterocycles. The molecular formula is C15H24ClN3O4S. The summed E-state index contributed by atoms with van der Waals surface area (Å²) in [6.45, 7) is 1.65. The van der Waals surface area contributed by atoms with Crippen LogP contribution in [0.2, 0.25) is 0 Å². The number of sulfonamides is 1. The molecule has 0 bridgehead atoms. The molecule has 0 aliphatic heterocycles. The fraction of sp³-hybridized carbons (Fsp3) is 0.600. The number of nitrogens with two attached hydrogens (primary N) is 1. The molecule has 136 valence electrons. The van der Waals surface area contributed by atoms with Crippen molar-refractivity contribution in [2.24, 2.45) is 5.73 Å². The average Bonchev–Trinajstić information content (AvgIpc) is 2.70. The molecule has 0 spiro atoms. The molecule has 1 aliphatic rings. The van der Waals surface area contributed by atoms with Crippen molar-refractivity contribution in [3.05, 3.63) is 33.9 Å². The molecule has 0 atom stereocenters. The SMILES string of the molecule is Cc1cccc([N+](=O)[O-])c1S(=O)(=O)NCC1(N)CCCCCC1.Cl. The normalized spacial score (nSPS) is 17.6. The second-order valence-corrected chi connectivity index (χ2v) is 7.99. The zero-order valence-corrected chi connectivity index (χ0v) is 15.3. The lowest BCUT2D eigenvalue weighted by atomic mass is 9.92. The van der Waals surface area contributed by atoms with Gasteiger partial charge in [-0.05, 0) is 25.3 Å². The summed E-state index contributed by atoms with van der Waals surface area (Å²) in [5, 5.41) is 11.1. The van der Waals surface area contributed by atoms with E-state index in [0.717, 1.165) is 38.5 Å². The molecule has 24 heavy (non-hydrogen) atoms. The smallest absolute Gasteiger partial charge is 0.289 e. The minimum atomic E-state index is -3.99. The molecule has 0 unspecified atom stereocenters. The molecule has 3 N–H and O–H groups in total. The molecule has 0 radical (unpaired) electrons. The van der Waals surface area contributed by atoms with E-state index in [9.17, 15) is 18.5 Å². The number of rotatable bonds is 5. The molecule has 1 aromatic rings. The predicted octanol–water partition coefficient (Wildman–Crippen LogP) is 2.66. The third-order valence-corrected chi connectivity index (χ3v) is 5.96. The zero-order chi connectivity index (χ0) is 17.1. The maximum Gasteiger partial charge on any atom is 0.289 e. The largest absolute Gasteiger partial charge is 0.324 e. The van der Waals surface area contributed by atoms with E-state index in [4.69, 9.17) is 5.73 Å². The van der Waals surface area contributed by atoms with Gasteiger partial charge in [0.15, 0.2) is 4.90 Å². The number of hydrogen-bond donors (Lipinski definition) is 2. The fourth-order valence-corrected chi connectivity index (χ4v) is 4.58. The number of halogens is 1. The van der Waals surface area contributed by atoms with Gasteiger partial charge in [0.2, 0.25) is 10.0 Å². The van der Waals surface area contributed by atoms with E-state index in [1.54, 1.807) is 13.0 Å². The van der Waals surface area contributed by atoms with Crippen LogP contribution in [-0.4, -0.2) is 25.4 Å². The van der Waals surface area contributed by atoms with Gasteiger partial charge in [-0.2, -0.15) is 0 Å². The number of nitro benzene ring substituents is 1. The van der Waals surface area contributed by atoms with Crippen molar-refractivity contribution in [3.8, 4) is 0 Å². The third kappa shape index (κ3) is 4.89. The van der Waals surface area contributed by atoms with Gasteiger partial charge in [-0.25, -0.2) is 13.1 Å². The topological polar surface area (TPSA) is 115 Å². The van der Waals surface area contributed by atoms with Crippen molar-refractivity contribution in [2.75, 3.05) is 6.54 Å². The van der Waals surface area contributed by atoms with Gasteiger partial charge in [0.25, 0.3) is 5.69 Å². The van der Waals surface area contributed by atoms with Gasteiger partial charge in [0, 0.05) is 18.2 Å². The molecular weight excluding hydrogens is 354 g/mol. The summed E-state index contributed by atoms with van der Waals surface area (Å²) in [5.41, 5.74) is 5.67. The Labute approximate surface area is 148 Å². The molecule has 0 heterocycles. The van der Waals surface area contributed by atoms with Crippen molar-refractivity contribution in [1.82, 2.24) is 4.72 Å². The first-order chi connectivity index (χ1) is 10.8. The van der Waals surface area contributed by atoms with Crippen molar-refractivity contribution in [1.29, 1.82) is 0 Å². The monoisotopic (exact) mass is 377 g/mol. The summed E-state index contributed by atoms with van der Waals surface area (Å²) in [6.07, 6.45) is 5.67. The average molecular weight is 378 g/mol. The highest BCUT2D eigenvalue weighted by atomic mass is 35.5. The van der Waals surface area contributed by atoms with E-state index >= 15 is 0 Å². The van der Waals surface area contributed by atoms with Crippen LogP contribution in [0.25, 0.3) is 0 Å². The molecule has 0 saturated heterocycles. The minimum absolute atomic E-state index is 0. The highest BCUT2D eigenvalue weighted by Crippen LogP contribution is 2.28. The Bertz CT molecular complexity index is 686. The van der Waals surface area contributed by atoms with Crippen molar-refractivity contribution in [2.45, 2.75) is 55.9 Å². The summed E-state index contributed by atoms with van der Waals surface area (Å²) in [5.74, 6) is 0. The molecule has 1 aliphatic carbocycles. The van der Waals surface area contributed by atoms with Crippen LogP contribution in [0, 0.1) is 17.0 Å². The number of hydrogen-bond acceptors (Lipinski definition) is 5. The van der Waals surface area contributed by atoms with Crippen molar-refractivity contribution in [3.63, 3.8) is 0 Å². The second kappa shape index (κ2) is 8.24. The van der Waals surface area contributed by atoms with Crippen LogP contribution >= 0.6 is 12.4 Å². The van der Waals surface area contributed by atoms with E-state index in [-0.39, 0.29) is 23.8 Å². The molecule has 2 rings (SSSR count). The van der Waals surface area contributed by atoms with Gasteiger partial charge in [-0.15, -0.1) is 12.4 Å². The lowest BCUT2D eigenvalue weighted by molar-refractivity contribution is -0.387. The third-order valence-electron chi connectivity index (χ3n) is 4.37. The van der Waals surface area contributed by atoms with Gasteiger partial charge in [0.05, 0.1) is 4.92 Å². The second-order valence-electron chi connectivity index (χ2n) is 6.28. The van der Waals surface area contributed by atoms with Crippen LogP contribution in [-0.2, 0) is 10.0 Å². The Morgan fingerprint density at radius 3 is 2.38 bits per heavy atom. The standard InChI is InChI=1S/C15H23N3O4S.ClH/c1-12-7-6-8-13(18(19)20)14(12)23(21,22)17-11-15(16)9-4-2-3-5-10-15;/h6-8,17H,2-5,9-11,16H2,1H3;1H. The van der Waals surface area contributed by atoms with Gasteiger partial charge in [-0.3, -0.25) is 10.1 Å². The van der Waals surface area contributed by atoms with E-state index in [1.807, 2.05) is 0 Å². The number of benzene rings is 1. The first-order valence-corrected chi connectivity index (χ1v) is 9.26. The molecule has 9 heteroatoms. The molecule has 0 amide bonds. The Balaban J connectivity index is 0.00000288. The summed E-state index contributed by atoms with van der Waals surface area (Å²) in [6, 6.07) is 4.22. The quantitative estimate of drug-likeness (QED) is 0.465. The summed E-state index contributed by atoms with van der Waals surface area (Å²) < 4.78 is 27.6. The van der Waals surface area contributed by atoms with E-state index in [2.05, 4.69) is 4.72 Å². The van der Waals surface area contributed by atoms with Crippen LogP contribution in [0.5, 0.6) is 0 Å². The van der Waals surface area contributed by atoms with Crippen LogP contribution < -0.4 is 10.5 Å². The summed E-state index contributed by atoms with van der Waals surface area (Å²) in [7, 11) is -3.99. The van der Waals surface area contributed by atoms with Gasteiger partial charge in [-0.1, -0.05) is 37.8 Å².